The Morgan fingerprint density at radius 1 is 1.30 bits per heavy atom. The summed E-state index contributed by atoms with van der Waals surface area (Å²) in [7, 11) is 0. The molecule has 3 rings (SSSR count). The number of rotatable bonds is 4. The molecule has 1 aromatic rings. The molecule has 2 saturated heterocycles. The van der Waals surface area contributed by atoms with Crippen LogP contribution in [0.5, 0.6) is 0 Å². The summed E-state index contributed by atoms with van der Waals surface area (Å²) in [5.41, 5.74) is 0. The highest BCUT2D eigenvalue weighted by Crippen LogP contribution is 2.17. The number of nitrogens with one attached hydrogen (secondary N) is 1. The molecule has 0 radical (unpaired) electrons. The van der Waals surface area contributed by atoms with Gasteiger partial charge in [0.05, 0.1) is 32.2 Å². The van der Waals surface area contributed by atoms with Crippen LogP contribution in [0.4, 0.5) is 0 Å². The fourth-order valence-electron chi connectivity index (χ4n) is 3.05. The number of hydrogen-bond donors (Lipinski definition) is 1. The second-order valence-corrected chi connectivity index (χ2v) is 5.99. The van der Waals surface area contributed by atoms with Crippen LogP contribution in [0, 0.1) is 6.92 Å². The van der Waals surface area contributed by atoms with E-state index in [1.165, 1.54) is 0 Å². The third-order valence-corrected chi connectivity index (χ3v) is 4.33. The van der Waals surface area contributed by atoms with E-state index in [1.54, 1.807) is 4.90 Å². The maximum Gasteiger partial charge on any atom is 0.237 e. The van der Waals surface area contributed by atoms with Crippen LogP contribution < -0.4 is 5.32 Å². The van der Waals surface area contributed by atoms with Gasteiger partial charge in [-0.1, -0.05) is 0 Å². The number of carbonyl (C=O) groups is 2. The standard InChI is InChI=1S/C16H23N3O4/c1-12-2-3-13(23-12)11-19-5-4-17-16(21)14(19)10-15(20)18-6-8-22-9-7-18/h2-3,14H,4-11H2,1H3,(H,17,21)/t14-/m0/s1. The Labute approximate surface area is 135 Å². The third kappa shape index (κ3) is 3.92. The molecule has 1 atom stereocenters. The van der Waals surface area contributed by atoms with Gasteiger partial charge in [-0.2, -0.15) is 0 Å². The molecule has 2 fully saturated rings. The molecule has 2 aliphatic heterocycles. The van der Waals surface area contributed by atoms with Gasteiger partial charge < -0.3 is 19.4 Å². The lowest BCUT2D eigenvalue weighted by atomic mass is 10.1. The molecular formula is C16H23N3O4. The minimum Gasteiger partial charge on any atom is -0.465 e. The van der Waals surface area contributed by atoms with Gasteiger partial charge in [-0.05, 0) is 19.1 Å². The summed E-state index contributed by atoms with van der Waals surface area (Å²) in [6, 6.07) is 3.39. The third-order valence-electron chi connectivity index (χ3n) is 4.33. The van der Waals surface area contributed by atoms with Crippen molar-refractivity contribution >= 4 is 11.8 Å². The fourth-order valence-corrected chi connectivity index (χ4v) is 3.05. The Balaban J connectivity index is 1.65. The van der Waals surface area contributed by atoms with Crippen LogP contribution in [0.2, 0.25) is 0 Å². The summed E-state index contributed by atoms with van der Waals surface area (Å²) in [6.07, 6.45) is 0.200. The van der Waals surface area contributed by atoms with Gasteiger partial charge in [-0.15, -0.1) is 0 Å². The van der Waals surface area contributed by atoms with Gasteiger partial charge in [0.25, 0.3) is 0 Å². The molecule has 0 saturated carbocycles. The van der Waals surface area contributed by atoms with Crippen LogP contribution in [-0.2, 0) is 20.9 Å². The van der Waals surface area contributed by atoms with Gasteiger partial charge in [-0.25, -0.2) is 0 Å². The average Bonchev–Trinajstić information content (AvgIpc) is 2.96. The normalized spacial score (nSPS) is 22.9. The zero-order valence-electron chi connectivity index (χ0n) is 13.4. The van der Waals surface area contributed by atoms with Crippen molar-refractivity contribution in [3.8, 4) is 0 Å². The van der Waals surface area contributed by atoms with Crippen molar-refractivity contribution in [2.24, 2.45) is 0 Å². The van der Waals surface area contributed by atoms with E-state index in [-0.39, 0.29) is 18.2 Å². The molecule has 0 bridgehead atoms. The Morgan fingerprint density at radius 3 is 2.78 bits per heavy atom. The maximum atomic E-state index is 12.5. The summed E-state index contributed by atoms with van der Waals surface area (Å²) < 4.78 is 10.9. The second kappa shape index (κ2) is 7.14. The number of ether oxygens (including phenoxy) is 1. The van der Waals surface area contributed by atoms with E-state index < -0.39 is 6.04 Å². The first-order valence-electron chi connectivity index (χ1n) is 8.06. The molecule has 7 nitrogen and oxygen atoms in total. The van der Waals surface area contributed by atoms with Crippen molar-refractivity contribution in [2.75, 3.05) is 39.4 Å². The first kappa shape index (κ1) is 16.0. The van der Waals surface area contributed by atoms with Gasteiger partial charge in [0.15, 0.2) is 0 Å². The lowest BCUT2D eigenvalue weighted by Crippen LogP contribution is -2.56. The number of hydrogen-bond acceptors (Lipinski definition) is 5. The van der Waals surface area contributed by atoms with Crippen molar-refractivity contribution in [2.45, 2.75) is 25.9 Å². The quantitative estimate of drug-likeness (QED) is 0.854. The minimum absolute atomic E-state index is 0.0102. The molecule has 0 unspecified atom stereocenters. The van der Waals surface area contributed by atoms with Crippen molar-refractivity contribution in [3.63, 3.8) is 0 Å². The lowest BCUT2D eigenvalue weighted by molar-refractivity contribution is -0.141. The molecule has 1 aromatic heterocycles. The zero-order chi connectivity index (χ0) is 16.2. The molecular weight excluding hydrogens is 298 g/mol. The molecule has 3 heterocycles. The van der Waals surface area contributed by atoms with Gasteiger partial charge in [-0.3, -0.25) is 14.5 Å². The highest BCUT2D eigenvalue weighted by Gasteiger charge is 2.33. The highest BCUT2D eigenvalue weighted by atomic mass is 16.5. The largest absolute Gasteiger partial charge is 0.465 e. The lowest BCUT2D eigenvalue weighted by Gasteiger charge is -2.35. The number of piperazine rings is 1. The molecule has 126 valence electrons. The second-order valence-electron chi connectivity index (χ2n) is 5.99. The Kier molecular flexibility index (Phi) is 4.97. The molecule has 2 amide bonds. The number of morpholine rings is 1. The Hall–Kier alpha value is -1.86. The molecule has 0 spiro atoms. The predicted molar refractivity (Wildman–Crippen MR) is 82.7 cm³/mol. The summed E-state index contributed by atoms with van der Waals surface area (Å²) in [6.45, 7) is 6.09. The topological polar surface area (TPSA) is 75.0 Å². The SMILES string of the molecule is Cc1ccc(CN2CCNC(=O)[C@@H]2CC(=O)N2CCOCC2)o1. The number of amides is 2. The molecule has 2 aliphatic rings. The van der Waals surface area contributed by atoms with Crippen LogP contribution in [0.3, 0.4) is 0 Å². The van der Waals surface area contributed by atoms with E-state index in [0.29, 0.717) is 45.9 Å². The van der Waals surface area contributed by atoms with Gasteiger partial charge >= 0.3 is 0 Å². The smallest absolute Gasteiger partial charge is 0.237 e. The molecule has 1 N–H and O–H groups in total. The van der Waals surface area contributed by atoms with E-state index in [2.05, 4.69) is 5.32 Å². The van der Waals surface area contributed by atoms with Crippen LogP contribution >= 0.6 is 0 Å². The highest BCUT2D eigenvalue weighted by molar-refractivity contribution is 5.88. The minimum atomic E-state index is -0.440. The van der Waals surface area contributed by atoms with Crippen molar-refractivity contribution in [3.05, 3.63) is 23.7 Å². The zero-order valence-corrected chi connectivity index (χ0v) is 13.4. The van der Waals surface area contributed by atoms with E-state index in [1.807, 2.05) is 24.0 Å². The van der Waals surface area contributed by atoms with Crippen molar-refractivity contribution in [1.29, 1.82) is 0 Å². The molecule has 7 heteroatoms. The number of aryl methyl sites for hydroxylation is 1. The molecule has 0 aliphatic carbocycles. The van der Waals surface area contributed by atoms with Gasteiger partial charge in [0.1, 0.15) is 11.5 Å². The van der Waals surface area contributed by atoms with Gasteiger partial charge in [0, 0.05) is 26.2 Å². The number of furan rings is 1. The fraction of sp³-hybridized carbons (Fsp3) is 0.625. The van der Waals surface area contributed by atoms with Crippen LogP contribution in [0.1, 0.15) is 17.9 Å². The van der Waals surface area contributed by atoms with E-state index in [9.17, 15) is 9.59 Å². The van der Waals surface area contributed by atoms with Crippen LogP contribution in [0.25, 0.3) is 0 Å². The van der Waals surface area contributed by atoms with Crippen LogP contribution in [-0.4, -0.2) is 67.0 Å². The summed E-state index contributed by atoms with van der Waals surface area (Å²) >= 11 is 0. The van der Waals surface area contributed by atoms with E-state index >= 15 is 0 Å². The molecule has 0 aromatic carbocycles. The number of carbonyl (C=O) groups excluding carboxylic acids is 2. The van der Waals surface area contributed by atoms with E-state index in [0.717, 1.165) is 11.5 Å². The Bertz CT molecular complexity index is 565. The summed E-state index contributed by atoms with van der Waals surface area (Å²) in [5, 5.41) is 2.85. The number of nitrogens with zero attached hydrogens (tertiary/aromatic N) is 2. The summed E-state index contributed by atoms with van der Waals surface area (Å²) in [4.78, 5) is 28.5. The van der Waals surface area contributed by atoms with Crippen LogP contribution in [0.15, 0.2) is 16.5 Å². The first-order valence-corrected chi connectivity index (χ1v) is 8.06. The van der Waals surface area contributed by atoms with E-state index in [4.69, 9.17) is 9.15 Å². The average molecular weight is 321 g/mol. The van der Waals surface area contributed by atoms with Crippen molar-refractivity contribution in [1.82, 2.24) is 15.1 Å². The van der Waals surface area contributed by atoms with Crippen molar-refractivity contribution < 1.29 is 18.7 Å². The monoisotopic (exact) mass is 321 g/mol. The Morgan fingerprint density at radius 2 is 2.09 bits per heavy atom. The predicted octanol–water partition coefficient (Wildman–Crippen LogP) is 0.137. The maximum absolute atomic E-state index is 12.5. The summed E-state index contributed by atoms with van der Waals surface area (Å²) in [5.74, 6) is 1.60. The first-order chi connectivity index (χ1) is 11.1. The molecule has 23 heavy (non-hydrogen) atoms. The van der Waals surface area contributed by atoms with Gasteiger partial charge in [0.2, 0.25) is 11.8 Å².